The average molecular weight is 494 g/mol. The Morgan fingerprint density at radius 3 is 2.79 bits per heavy atom. The van der Waals surface area contributed by atoms with Crippen LogP contribution in [0.15, 0.2) is 42.5 Å². The van der Waals surface area contributed by atoms with E-state index in [9.17, 15) is 10.1 Å². The SMILES string of the molecule is C[C@H](c1ccc(Cl)cc1Cl)n1nc(C#N)c2ccc(C3=CCN(C(=O)[C@H]4CCCN4)CC3)cc21. The largest absolute Gasteiger partial charge is 0.337 e. The number of benzene rings is 2. The lowest BCUT2D eigenvalue weighted by Crippen LogP contribution is -2.45. The molecule has 8 heteroatoms. The summed E-state index contributed by atoms with van der Waals surface area (Å²) in [6, 6.07) is 13.5. The van der Waals surface area contributed by atoms with Crippen LogP contribution in [-0.4, -0.2) is 46.3 Å². The highest BCUT2D eigenvalue weighted by Gasteiger charge is 2.28. The zero-order valence-electron chi connectivity index (χ0n) is 18.9. The van der Waals surface area contributed by atoms with Crippen LogP contribution in [0.2, 0.25) is 10.0 Å². The van der Waals surface area contributed by atoms with Crippen LogP contribution in [0.3, 0.4) is 0 Å². The number of hydrogen-bond acceptors (Lipinski definition) is 4. The Kier molecular flexibility index (Phi) is 6.35. The molecule has 2 aromatic carbocycles. The van der Waals surface area contributed by atoms with Crippen LogP contribution >= 0.6 is 23.2 Å². The maximum Gasteiger partial charge on any atom is 0.239 e. The third-order valence-corrected chi connectivity index (χ3v) is 7.41. The first-order valence-electron chi connectivity index (χ1n) is 11.5. The average Bonchev–Trinajstić information content (AvgIpc) is 3.51. The van der Waals surface area contributed by atoms with Crippen molar-refractivity contribution in [1.82, 2.24) is 20.0 Å². The van der Waals surface area contributed by atoms with E-state index < -0.39 is 0 Å². The molecule has 0 bridgehead atoms. The molecule has 1 N–H and O–H groups in total. The predicted molar refractivity (Wildman–Crippen MR) is 135 cm³/mol. The molecule has 3 aromatic rings. The van der Waals surface area contributed by atoms with E-state index in [0.29, 0.717) is 28.8 Å². The van der Waals surface area contributed by atoms with E-state index in [1.807, 2.05) is 40.8 Å². The fourth-order valence-electron chi connectivity index (χ4n) is 4.93. The quantitative estimate of drug-likeness (QED) is 0.542. The number of amides is 1. The van der Waals surface area contributed by atoms with Crippen LogP contribution in [-0.2, 0) is 4.79 Å². The number of halogens is 2. The standard InChI is InChI=1S/C26H25Cl2N5O/c1-16(20-7-5-19(27)14-22(20)28)33-25-13-18(4-6-21(25)24(15-29)31-33)17-8-11-32(12-9-17)26(34)23-3-2-10-30-23/h4-8,13-14,16,23,30H,2-3,9-12H2,1H3/t16-,23-/m1/s1. The van der Waals surface area contributed by atoms with Crippen molar-refractivity contribution < 1.29 is 4.79 Å². The minimum Gasteiger partial charge on any atom is -0.337 e. The summed E-state index contributed by atoms with van der Waals surface area (Å²) >= 11 is 12.5. The maximum atomic E-state index is 12.7. The minimum absolute atomic E-state index is 0.0359. The molecule has 1 fully saturated rings. The summed E-state index contributed by atoms with van der Waals surface area (Å²) in [6.07, 6.45) is 4.91. The van der Waals surface area contributed by atoms with Gasteiger partial charge in [0.1, 0.15) is 6.07 Å². The van der Waals surface area contributed by atoms with Gasteiger partial charge in [0.2, 0.25) is 5.91 Å². The second-order valence-corrected chi connectivity index (χ2v) is 9.73. The summed E-state index contributed by atoms with van der Waals surface area (Å²) in [5, 5.41) is 19.5. The third kappa shape index (κ3) is 4.20. The van der Waals surface area contributed by atoms with Crippen LogP contribution in [0, 0.1) is 11.3 Å². The van der Waals surface area contributed by atoms with Gasteiger partial charge < -0.3 is 10.2 Å². The Morgan fingerprint density at radius 2 is 2.12 bits per heavy atom. The normalized spacial score (nSPS) is 19.2. The lowest BCUT2D eigenvalue weighted by atomic mass is 9.97. The zero-order valence-corrected chi connectivity index (χ0v) is 20.4. The van der Waals surface area contributed by atoms with Gasteiger partial charge in [-0.25, -0.2) is 0 Å². The molecule has 0 saturated carbocycles. The van der Waals surface area contributed by atoms with E-state index in [0.717, 1.165) is 47.8 Å². The number of aromatic nitrogens is 2. The van der Waals surface area contributed by atoms with Gasteiger partial charge in [-0.15, -0.1) is 0 Å². The predicted octanol–water partition coefficient (Wildman–Crippen LogP) is 5.19. The van der Waals surface area contributed by atoms with E-state index in [4.69, 9.17) is 23.2 Å². The summed E-state index contributed by atoms with van der Waals surface area (Å²) < 4.78 is 1.86. The molecule has 0 radical (unpaired) electrons. The molecule has 2 aliphatic rings. The number of hydrogen-bond donors (Lipinski definition) is 1. The van der Waals surface area contributed by atoms with E-state index in [1.54, 1.807) is 6.07 Å². The highest BCUT2D eigenvalue weighted by atomic mass is 35.5. The first-order chi connectivity index (χ1) is 16.5. The van der Waals surface area contributed by atoms with Crippen molar-refractivity contribution in [3.63, 3.8) is 0 Å². The summed E-state index contributed by atoms with van der Waals surface area (Å²) in [7, 11) is 0. The van der Waals surface area contributed by atoms with Crippen molar-refractivity contribution in [2.75, 3.05) is 19.6 Å². The Morgan fingerprint density at radius 1 is 1.26 bits per heavy atom. The number of carbonyl (C=O) groups excluding carboxylic acids is 1. The molecular formula is C26H25Cl2N5O. The molecule has 0 spiro atoms. The third-order valence-electron chi connectivity index (χ3n) is 6.84. The molecule has 1 aromatic heterocycles. The van der Waals surface area contributed by atoms with Crippen molar-refractivity contribution >= 4 is 45.6 Å². The molecule has 0 unspecified atom stereocenters. The van der Waals surface area contributed by atoms with E-state index >= 15 is 0 Å². The Bertz CT molecular complexity index is 1330. The summed E-state index contributed by atoms with van der Waals surface area (Å²) in [4.78, 5) is 14.7. The van der Waals surface area contributed by atoms with Crippen molar-refractivity contribution in [2.24, 2.45) is 0 Å². The monoisotopic (exact) mass is 493 g/mol. The number of nitrogens with zero attached hydrogens (tertiary/aromatic N) is 4. The highest BCUT2D eigenvalue weighted by Crippen LogP contribution is 2.33. The summed E-state index contributed by atoms with van der Waals surface area (Å²) in [6.45, 7) is 4.25. The molecule has 2 atom stereocenters. The highest BCUT2D eigenvalue weighted by molar-refractivity contribution is 6.35. The summed E-state index contributed by atoms with van der Waals surface area (Å²) in [5.41, 5.74) is 4.43. The van der Waals surface area contributed by atoms with Crippen LogP contribution < -0.4 is 5.32 Å². The molecule has 174 valence electrons. The molecule has 2 aliphatic heterocycles. The van der Waals surface area contributed by atoms with Crippen molar-refractivity contribution in [3.8, 4) is 6.07 Å². The van der Waals surface area contributed by atoms with Gasteiger partial charge in [0.05, 0.1) is 17.6 Å². The first kappa shape index (κ1) is 22.9. The van der Waals surface area contributed by atoms with E-state index in [-0.39, 0.29) is 18.0 Å². The summed E-state index contributed by atoms with van der Waals surface area (Å²) in [5.74, 6) is 0.202. The lowest BCUT2D eigenvalue weighted by Gasteiger charge is -2.29. The van der Waals surface area contributed by atoms with Crippen molar-refractivity contribution in [2.45, 2.75) is 38.3 Å². The van der Waals surface area contributed by atoms with E-state index in [1.165, 1.54) is 5.57 Å². The Hall–Kier alpha value is -2.85. The van der Waals surface area contributed by atoms with Gasteiger partial charge in [-0.3, -0.25) is 9.48 Å². The van der Waals surface area contributed by atoms with Crippen molar-refractivity contribution in [1.29, 1.82) is 5.26 Å². The number of nitriles is 1. The topological polar surface area (TPSA) is 74.0 Å². The van der Waals surface area contributed by atoms with Gasteiger partial charge in [-0.2, -0.15) is 10.4 Å². The van der Waals surface area contributed by atoms with E-state index in [2.05, 4.69) is 28.6 Å². The number of fused-ring (bicyclic) bond motifs is 1. The number of nitrogens with one attached hydrogen (secondary N) is 1. The molecule has 5 rings (SSSR count). The van der Waals surface area contributed by atoms with Gasteiger partial charge >= 0.3 is 0 Å². The van der Waals surface area contributed by atoms with Crippen LogP contribution in [0.1, 0.15) is 49.0 Å². The number of rotatable bonds is 4. The molecule has 34 heavy (non-hydrogen) atoms. The molecule has 1 amide bonds. The molecule has 1 saturated heterocycles. The number of carbonyl (C=O) groups is 1. The minimum atomic E-state index is -0.183. The van der Waals surface area contributed by atoms with Gasteiger partial charge in [-0.1, -0.05) is 41.4 Å². The molecule has 3 heterocycles. The maximum absolute atomic E-state index is 12.7. The van der Waals surface area contributed by atoms with Gasteiger partial charge in [0.15, 0.2) is 5.69 Å². The van der Waals surface area contributed by atoms with Gasteiger partial charge in [0.25, 0.3) is 0 Å². The Labute approximate surface area is 208 Å². The molecule has 0 aliphatic carbocycles. The van der Waals surface area contributed by atoms with Crippen LogP contribution in [0.4, 0.5) is 0 Å². The fraction of sp³-hybridized carbons (Fsp3) is 0.346. The van der Waals surface area contributed by atoms with Gasteiger partial charge in [-0.05, 0) is 73.7 Å². The Balaban J connectivity index is 1.46. The van der Waals surface area contributed by atoms with Crippen molar-refractivity contribution in [3.05, 3.63) is 69.3 Å². The molecule has 6 nitrogen and oxygen atoms in total. The zero-order chi connectivity index (χ0) is 23.8. The first-order valence-corrected chi connectivity index (χ1v) is 12.3. The van der Waals surface area contributed by atoms with Crippen LogP contribution in [0.25, 0.3) is 16.5 Å². The lowest BCUT2D eigenvalue weighted by molar-refractivity contribution is -0.132. The van der Waals surface area contributed by atoms with Gasteiger partial charge in [0, 0.05) is 28.5 Å². The smallest absolute Gasteiger partial charge is 0.239 e. The molecular weight excluding hydrogens is 469 g/mol. The fourth-order valence-corrected chi connectivity index (χ4v) is 5.50. The van der Waals surface area contributed by atoms with Crippen LogP contribution in [0.5, 0.6) is 0 Å². The second kappa shape index (κ2) is 9.42. The second-order valence-electron chi connectivity index (χ2n) is 8.89.